The third-order valence-corrected chi connectivity index (χ3v) is 5.78. The third kappa shape index (κ3) is 1.80. The molecule has 2 N–H and O–H groups in total. The fourth-order valence-corrected chi connectivity index (χ4v) is 4.80. The lowest BCUT2D eigenvalue weighted by molar-refractivity contribution is -0.147. The Labute approximate surface area is 147 Å². The van der Waals surface area contributed by atoms with Crippen LogP contribution in [0.15, 0.2) is 18.2 Å². The van der Waals surface area contributed by atoms with Crippen molar-refractivity contribution in [3.63, 3.8) is 0 Å². The molecule has 3 amide bonds. The number of aryl methyl sites for hydroxylation is 1. The predicted molar refractivity (Wildman–Crippen MR) is 92.7 cm³/mol. The van der Waals surface area contributed by atoms with E-state index < -0.39 is 22.9 Å². The fourth-order valence-electron chi connectivity index (χ4n) is 4.80. The number of rotatable bonds is 0. The van der Waals surface area contributed by atoms with Gasteiger partial charge in [-0.25, -0.2) is 0 Å². The Hall–Kier alpha value is -2.21. The van der Waals surface area contributed by atoms with Crippen LogP contribution < -0.4 is 10.6 Å². The normalized spacial score (nSPS) is 33.9. The number of hydrogen-bond donors (Lipinski definition) is 2. The Kier molecular flexibility index (Phi) is 3.06. The zero-order valence-electron chi connectivity index (χ0n) is 15.1. The second kappa shape index (κ2) is 4.69. The number of benzene rings is 1. The van der Waals surface area contributed by atoms with E-state index in [0.717, 1.165) is 16.8 Å². The van der Waals surface area contributed by atoms with Crippen molar-refractivity contribution in [3.05, 3.63) is 29.3 Å². The van der Waals surface area contributed by atoms with Crippen LogP contribution >= 0.6 is 0 Å². The van der Waals surface area contributed by atoms with Gasteiger partial charge < -0.3 is 5.32 Å². The number of imide groups is 1. The molecule has 3 aliphatic heterocycles. The van der Waals surface area contributed by atoms with Crippen LogP contribution in [0.25, 0.3) is 0 Å². The molecule has 4 atom stereocenters. The average Bonchev–Trinajstić information content (AvgIpc) is 3.05. The van der Waals surface area contributed by atoms with Gasteiger partial charge in [-0.05, 0) is 40.2 Å². The Morgan fingerprint density at radius 3 is 2.44 bits per heavy atom. The van der Waals surface area contributed by atoms with Gasteiger partial charge in [-0.1, -0.05) is 18.2 Å². The standard InChI is InChI=1S/C19H23N3O3/c1-9-7-6-8-11-14(9)20-17(25)19(11)13-12(10(2)21-19)15(23)22(16(13)24)18(3,4)5/h6-8,10,12-13,21H,1-5H3,(H,20,25). The van der Waals surface area contributed by atoms with Crippen molar-refractivity contribution in [2.24, 2.45) is 11.8 Å². The molecule has 0 radical (unpaired) electrons. The molecule has 25 heavy (non-hydrogen) atoms. The van der Waals surface area contributed by atoms with Gasteiger partial charge in [0.25, 0.3) is 0 Å². The number of para-hydroxylation sites is 1. The van der Waals surface area contributed by atoms with Crippen LogP contribution in [0, 0.1) is 18.8 Å². The van der Waals surface area contributed by atoms with Gasteiger partial charge in [-0.2, -0.15) is 0 Å². The van der Waals surface area contributed by atoms with Crippen molar-refractivity contribution in [3.8, 4) is 0 Å². The Bertz CT molecular complexity index is 826. The number of fused-ring (bicyclic) bond motifs is 4. The van der Waals surface area contributed by atoms with Crippen LogP contribution in [0.5, 0.6) is 0 Å². The number of likely N-dealkylation sites (tertiary alicyclic amines) is 1. The Morgan fingerprint density at radius 2 is 1.80 bits per heavy atom. The molecule has 0 aliphatic carbocycles. The summed E-state index contributed by atoms with van der Waals surface area (Å²) in [7, 11) is 0. The molecule has 2 saturated heterocycles. The molecule has 2 fully saturated rings. The number of nitrogens with one attached hydrogen (secondary N) is 2. The van der Waals surface area contributed by atoms with E-state index in [9.17, 15) is 14.4 Å². The molecule has 132 valence electrons. The molecular weight excluding hydrogens is 318 g/mol. The van der Waals surface area contributed by atoms with Crippen LogP contribution in [0.4, 0.5) is 5.69 Å². The van der Waals surface area contributed by atoms with Crippen LogP contribution in [0.1, 0.15) is 38.8 Å². The summed E-state index contributed by atoms with van der Waals surface area (Å²) in [6.45, 7) is 9.35. The van der Waals surface area contributed by atoms with Crippen molar-refractivity contribution in [1.29, 1.82) is 0 Å². The molecule has 6 nitrogen and oxygen atoms in total. The first-order chi connectivity index (χ1) is 11.6. The summed E-state index contributed by atoms with van der Waals surface area (Å²) in [5, 5.41) is 6.25. The molecular formula is C19H23N3O3. The van der Waals surface area contributed by atoms with E-state index in [1.165, 1.54) is 4.90 Å². The van der Waals surface area contributed by atoms with Gasteiger partial charge in [0.05, 0.1) is 11.8 Å². The molecule has 4 unspecified atom stereocenters. The van der Waals surface area contributed by atoms with E-state index in [0.29, 0.717) is 0 Å². The van der Waals surface area contributed by atoms with Crippen molar-refractivity contribution in [2.75, 3.05) is 5.32 Å². The zero-order valence-corrected chi connectivity index (χ0v) is 15.1. The quantitative estimate of drug-likeness (QED) is 0.702. The summed E-state index contributed by atoms with van der Waals surface area (Å²) in [5.41, 5.74) is 0.698. The summed E-state index contributed by atoms with van der Waals surface area (Å²) in [6, 6.07) is 5.43. The first-order valence-electron chi connectivity index (χ1n) is 8.68. The molecule has 3 heterocycles. The van der Waals surface area contributed by atoms with Crippen LogP contribution in [0.2, 0.25) is 0 Å². The number of hydrogen-bond acceptors (Lipinski definition) is 4. The van der Waals surface area contributed by atoms with Crippen LogP contribution in [-0.4, -0.2) is 34.2 Å². The number of nitrogens with zero attached hydrogens (tertiary/aromatic N) is 1. The molecule has 1 spiro atoms. The number of carbonyl (C=O) groups is 3. The molecule has 6 heteroatoms. The summed E-state index contributed by atoms with van der Waals surface area (Å²) in [5.74, 6) is -1.92. The molecule has 0 aromatic heterocycles. The van der Waals surface area contributed by atoms with Crippen molar-refractivity contribution < 1.29 is 14.4 Å². The number of anilines is 1. The smallest absolute Gasteiger partial charge is 0.250 e. The minimum atomic E-state index is -1.17. The second-order valence-electron chi connectivity index (χ2n) is 8.38. The van der Waals surface area contributed by atoms with Crippen LogP contribution in [-0.2, 0) is 19.9 Å². The SMILES string of the molecule is Cc1cccc2c1NC(=O)C21NC(C)C2C(=O)N(C(C)(C)C)C(=O)C21. The van der Waals surface area contributed by atoms with E-state index in [-0.39, 0.29) is 23.8 Å². The molecule has 3 aliphatic rings. The minimum absolute atomic E-state index is 0.187. The number of amides is 3. The second-order valence-corrected chi connectivity index (χ2v) is 8.38. The van der Waals surface area contributed by atoms with Gasteiger partial charge in [0, 0.05) is 22.8 Å². The highest BCUT2D eigenvalue weighted by atomic mass is 16.2. The average molecular weight is 341 g/mol. The minimum Gasteiger partial charge on any atom is -0.324 e. The van der Waals surface area contributed by atoms with Gasteiger partial charge in [0.15, 0.2) is 0 Å². The first-order valence-corrected chi connectivity index (χ1v) is 8.68. The highest BCUT2D eigenvalue weighted by Gasteiger charge is 2.70. The zero-order chi connectivity index (χ0) is 18.3. The maximum atomic E-state index is 13.3. The Morgan fingerprint density at radius 1 is 1.12 bits per heavy atom. The lowest BCUT2D eigenvalue weighted by Gasteiger charge is -2.34. The summed E-state index contributed by atoms with van der Waals surface area (Å²) >= 11 is 0. The van der Waals surface area contributed by atoms with E-state index in [4.69, 9.17) is 0 Å². The van der Waals surface area contributed by atoms with Gasteiger partial charge >= 0.3 is 0 Å². The summed E-state index contributed by atoms with van der Waals surface area (Å²) < 4.78 is 0. The van der Waals surface area contributed by atoms with Gasteiger partial charge in [0.1, 0.15) is 5.54 Å². The lowest BCUT2D eigenvalue weighted by atomic mass is 9.76. The first kappa shape index (κ1) is 16.3. The van der Waals surface area contributed by atoms with Gasteiger partial charge in [-0.15, -0.1) is 0 Å². The maximum Gasteiger partial charge on any atom is 0.250 e. The topological polar surface area (TPSA) is 78.5 Å². The van der Waals surface area contributed by atoms with E-state index in [1.807, 2.05) is 52.8 Å². The molecule has 0 saturated carbocycles. The predicted octanol–water partition coefficient (Wildman–Crippen LogP) is 1.53. The highest BCUT2D eigenvalue weighted by molar-refractivity contribution is 6.15. The van der Waals surface area contributed by atoms with E-state index in [2.05, 4.69) is 10.6 Å². The third-order valence-electron chi connectivity index (χ3n) is 5.78. The van der Waals surface area contributed by atoms with Crippen molar-refractivity contribution in [2.45, 2.75) is 51.7 Å². The van der Waals surface area contributed by atoms with Gasteiger partial charge in [0.2, 0.25) is 17.7 Å². The monoisotopic (exact) mass is 341 g/mol. The van der Waals surface area contributed by atoms with Crippen molar-refractivity contribution >= 4 is 23.4 Å². The molecule has 0 bridgehead atoms. The summed E-state index contributed by atoms with van der Waals surface area (Å²) in [4.78, 5) is 40.7. The fraction of sp³-hybridized carbons (Fsp3) is 0.526. The lowest BCUT2D eigenvalue weighted by Crippen LogP contribution is -2.55. The van der Waals surface area contributed by atoms with E-state index in [1.54, 1.807) is 0 Å². The molecule has 1 aromatic carbocycles. The van der Waals surface area contributed by atoms with Crippen LogP contribution in [0.3, 0.4) is 0 Å². The molecule has 1 aromatic rings. The Balaban J connectivity index is 1.93. The number of carbonyl (C=O) groups excluding carboxylic acids is 3. The molecule has 4 rings (SSSR count). The maximum absolute atomic E-state index is 13.3. The highest BCUT2D eigenvalue weighted by Crippen LogP contribution is 2.54. The van der Waals surface area contributed by atoms with E-state index >= 15 is 0 Å². The largest absolute Gasteiger partial charge is 0.324 e. The van der Waals surface area contributed by atoms with Crippen molar-refractivity contribution in [1.82, 2.24) is 10.2 Å². The van der Waals surface area contributed by atoms with Gasteiger partial charge in [-0.3, -0.25) is 24.6 Å². The summed E-state index contributed by atoms with van der Waals surface area (Å²) in [6.07, 6.45) is 0.